The monoisotopic (exact) mass is 392 g/mol. The van der Waals surface area contributed by atoms with Crippen molar-refractivity contribution in [1.29, 1.82) is 0 Å². The predicted molar refractivity (Wildman–Crippen MR) is 98.8 cm³/mol. The maximum absolute atomic E-state index is 11.8. The van der Waals surface area contributed by atoms with Gasteiger partial charge in [-0.2, -0.15) is 0 Å². The Morgan fingerprint density at radius 2 is 1.70 bits per heavy atom. The number of nitrogens with one attached hydrogen (secondary N) is 1. The number of rotatable bonds is 7. The summed E-state index contributed by atoms with van der Waals surface area (Å²) in [6.45, 7) is 3.00. The molecule has 0 saturated heterocycles. The molecule has 27 heavy (non-hydrogen) atoms. The molecule has 0 unspecified atom stereocenters. The van der Waals surface area contributed by atoms with Crippen molar-refractivity contribution in [1.82, 2.24) is 0 Å². The number of benzene rings is 2. The fraction of sp³-hybridized carbons (Fsp3) is 0.222. The Morgan fingerprint density at radius 3 is 2.30 bits per heavy atom. The zero-order chi connectivity index (χ0) is 20.0. The highest BCUT2D eigenvalue weighted by molar-refractivity contribution is 7.89. The lowest BCUT2D eigenvalue weighted by Crippen LogP contribution is -2.23. The van der Waals surface area contributed by atoms with Gasteiger partial charge in [0.15, 0.2) is 13.2 Å². The predicted octanol–water partition coefficient (Wildman–Crippen LogP) is 1.51. The number of sulfonamides is 1. The van der Waals surface area contributed by atoms with Crippen molar-refractivity contribution in [2.45, 2.75) is 18.7 Å². The molecular formula is C18H20N2O6S. The fourth-order valence-corrected chi connectivity index (χ4v) is 2.73. The minimum absolute atomic E-state index is 0.0736. The molecule has 8 nitrogen and oxygen atoms in total. The van der Waals surface area contributed by atoms with Gasteiger partial charge in [0.05, 0.1) is 4.90 Å². The maximum Gasteiger partial charge on any atom is 0.344 e. The topological polar surface area (TPSA) is 125 Å². The molecule has 0 aliphatic carbocycles. The number of anilines is 1. The van der Waals surface area contributed by atoms with Crippen molar-refractivity contribution in [2.24, 2.45) is 5.14 Å². The van der Waals surface area contributed by atoms with E-state index in [2.05, 4.69) is 5.32 Å². The SMILES string of the molecule is Cc1ccc(OCC(=O)OCC(=O)Nc2ccc(S(N)(=O)=O)cc2)c(C)c1. The van der Waals surface area contributed by atoms with Gasteiger partial charge in [-0.1, -0.05) is 17.7 Å². The van der Waals surface area contributed by atoms with Crippen LogP contribution in [0.1, 0.15) is 11.1 Å². The van der Waals surface area contributed by atoms with Crippen LogP contribution in [0.3, 0.4) is 0 Å². The van der Waals surface area contributed by atoms with E-state index in [-0.39, 0.29) is 11.5 Å². The first kappa shape index (κ1) is 20.4. The molecule has 2 aromatic rings. The first-order valence-corrected chi connectivity index (χ1v) is 9.48. The van der Waals surface area contributed by atoms with Gasteiger partial charge in [-0.05, 0) is 49.7 Å². The van der Waals surface area contributed by atoms with Gasteiger partial charge in [0.2, 0.25) is 10.0 Å². The normalized spacial score (nSPS) is 10.9. The summed E-state index contributed by atoms with van der Waals surface area (Å²) in [6.07, 6.45) is 0. The van der Waals surface area contributed by atoms with E-state index in [1.807, 2.05) is 26.0 Å². The highest BCUT2D eigenvalue weighted by Crippen LogP contribution is 2.18. The second-order valence-electron chi connectivity index (χ2n) is 5.84. The van der Waals surface area contributed by atoms with Gasteiger partial charge < -0.3 is 14.8 Å². The van der Waals surface area contributed by atoms with Gasteiger partial charge in [-0.3, -0.25) is 4.79 Å². The highest BCUT2D eigenvalue weighted by atomic mass is 32.2. The first-order valence-electron chi connectivity index (χ1n) is 7.93. The van der Waals surface area contributed by atoms with E-state index in [1.165, 1.54) is 24.3 Å². The van der Waals surface area contributed by atoms with Gasteiger partial charge in [-0.15, -0.1) is 0 Å². The molecule has 2 aromatic carbocycles. The molecule has 3 N–H and O–H groups in total. The summed E-state index contributed by atoms with van der Waals surface area (Å²) in [5, 5.41) is 7.46. The molecule has 0 saturated carbocycles. The minimum Gasteiger partial charge on any atom is -0.482 e. The van der Waals surface area contributed by atoms with Gasteiger partial charge in [0.1, 0.15) is 5.75 Å². The van der Waals surface area contributed by atoms with E-state index < -0.39 is 28.5 Å². The zero-order valence-electron chi connectivity index (χ0n) is 14.9. The van der Waals surface area contributed by atoms with Crippen LogP contribution in [-0.4, -0.2) is 33.5 Å². The van der Waals surface area contributed by atoms with Crippen molar-refractivity contribution in [3.8, 4) is 5.75 Å². The van der Waals surface area contributed by atoms with E-state index in [1.54, 1.807) is 6.07 Å². The lowest BCUT2D eigenvalue weighted by Gasteiger charge is -2.10. The number of amides is 1. The number of hydrogen-bond acceptors (Lipinski definition) is 6. The summed E-state index contributed by atoms with van der Waals surface area (Å²) >= 11 is 0. The van der Waals surface area contributed by atoms with Crippen LogP contribution < -0.4 is 15.2 Å². The van der Waals surface area contributed by atoms with Crippen molar-refractivity contribution in [3.63, 3.8) is 0 Å². The number of hydrogen-bond donors (Lipinski definition) is 2. The lowest BCUT2D eigenvalue weighted by atomic mass is 10.1. The average Bonchev–Trinajstić information content (AvgIpc) is 2.59. The van der Waals surface area contributed by atoms with Crippen LogP contribution in [0.2, 0.25) is 0 Å². The summed E-state index contributed by atoms with van der Waals surface area (Å²) in [5.41, 5.74) is 2.31. The number of primary sulfonamides is 1. The molecule has 0 atom stereocenters. The summed E-state index contributed by atoms with van der Waals surface area (Å²) in [7, 11) is -3.80. The smallest absolute Gasteiger partial charge is 0.344 e. The lowest BCUT2D eigenvalue weighted by molar-refractivity contribution is -0.149. The zero-order valence-corrected chi connectivity index (χ0v) is 15.7. The summed E-state index contributed by atoms with van der Waals surface area (Å²) in [6, 6.07) is 10.8. The van der Waals surface area contributed by atoms with Crippen molar-refractivity contribution in [2.75, 3.05) is 18.5 Å². The number of esters is 1. The van der Waals surface area contributed by atoms with Gasteiger partial charge in [0, 0.05) is 5.69 Å². The van der Waals surface area contributed by atoms with E-state index in [9.17, 15) is 18.0 Å². The average molecular weight is 392 g/mol. The molecule has 2 rings (SSSR count). The summed E-state index contributed by atoms with van der Waals surface area (Å²) < 4.78 is 32.6. The third-order valence-electron chi connectivity index (χ3n) is 3.51. The molecule has 0 aliphatic heterocycles. The van der Waals surface area contributed by atoms with Gasteiger partial charge in [0.25, 0.3) is 5.91 Å². The maximum atomic E-state index is 11.8. The fourth-order valence-electron chi connectivity index (χ4n) is 2.21. The first-order chi connectivity index (χ1) is 12.6. The second kappa shape index (κ2) is 8.65. The third-order valence-corrected chi connectivity index (χ3v) is 4.44. The van der Waals surface area contributed by atoms with E-state index in [4.69, 9.17) is 14.6 Å². The van der Waals surface area contributed by atoms with Crippen LogP contribution >= 0.6 is 0 Å². The quantitative estimate of drug-likeness (QED) is 0.688. The molecule has 1 amide bonds. The van der Waals surface area contributed by atoms with Crippen LogP contribution in [0.4, 0.5) is 5.69 Å². The Bertz CT molecular complexity index is 939. The molecule has 0 spiro atoms. The number of aryl methyl sites for hydroxylation is 2. The van der Waals surface area contributed by atoms with E-state index in [0.29, 0.717) is 11.4 Å². The minimum atomic E-state index is -3.80. The number of nitrogens with two attached hydrogens (primary N) is 1. The van der Waals surface area contributed by atoms with Gasteiger partial charge in [-0.25, -0.2) is 18.4 Å². The van der Waals surface area contributed by atoms with E-state index >= 15 is 0 Å². The second-order valence-corrected chi connectivity index (χ2v) is 7.40. The largest absolute Gasteiger partial charge is 0.482 e. The number of ether oxygens (including phenoxy) is 2. The molecule has 0 heterocycles. The third kappa shape index (κ3) is 6.39. The van der Waals surface area contributed by atoms with Crippen LogP contribution in [0, 0.1) is 13.8 Å². The van der Waals surface area contributed by atoms with Gasteiger partial charge >= 0.3 is 5.97 Å². The Hall–Kier alpha value is -2.91. The Balaban J connectivity index is 1.78. The van der Waals surface area contributed by atoms with Crippen molar-refractivity contribution >= 4 is 27.6 Å². The molecule has 0 bridgehead atoms. The molecule has 0 aromatic heterocycles. The van der Waals surface area contributed by atoms with Crippen molar-refractivity contribution < 1.29 is 27.5 Å². The summed E-state index contributed by atoms with van der Waals surface area (Å²) in [5.74, 6) is -0.690. The van der Waals surface area contributed by atoms with Crippen molar-refractivity contribution in [3.05, 3.63) is 53.6 Å². The van der Waals surface area contributed by atoms with Crippen LogP contribution in [0.25, 0.3) is 0 Å². The molecular weight excluding hydrogens is 372 g/mol. The molecule has 0 fully saturated rings. The standard InChI is InChI=1S/C18H20N2O6S/c1-12-3-8-16(13(2)9-12)25-11-18(22)26-10-17(21)20-14-4-6-15(7-5-14)27(19,23)24/h3-9H,10-11H2,1-2H3,(H,20,21)(H2,19,23,24). The summed E-state index contributed by atoms with van der Waals surface area (Å²) in [4.78, 5) is 23.4. The molecule has 0 aliphatic rings. The Morgan fingerprint density at radius 1 is 1.04 bits per heavy atom. The number of carbonyl (C=O) groups excluding carboxylic acids is 2. The molecule has 9 heteroatoms. The highest BCUT2D eigenvalue weighted by Gasteiger charge is 2.11. The van der Waals surface area contributed by atoms with E-state index in [0.717, 1.165) is 11.1 Å². The number of carbonyl (C=O) groups is 2. The molecule has 144 valence electrons. The van der Waals surface area contributed by atoms with Crippen LogP contribution in [0.15, 0.2) is 47.4 Å². The molecule has 0 radical (unpaired) electrons. The Labute approximate surface area is 157 Å². The van der Waals surface area contributed by atoms with Crippen LogP contribution in [0.5, 0.6) is 5.75 Å². The Kier molecular flexibility index (Phi) is 6.54. The van der Waals surface area contributed by atoms with Crippen LogP contribution in [-0.2, 0) is 24.3 Å².